The van der Waals surface area contributed by atoms with Crippen molar-refractivity contribution in [1.82, 2.24) is 14.8 Å². The topological polar surface area (TPSA) is 65.4 Å². The number of nitrogens with two attached hydrogens (primary N) is 1. The molecule has 3 N–H and O–H groups in total. The molecule has 1 aromatic rings. The van der Waals surface area contributed by atoms with Crippen LogP contribution in [0.25, 0.3) is 6.08 Å². The fourth-order valence-electron chi connectivity index (χ4n) is 2.30. The molecule has 5 nitrogen and oxygen atoms in total. The summed E-state index contributed by atoms with van der Waals surface area (Å²) in [7, 11) is 2.00. The van der Waals surface area contributed by atoms with Crippen molar-refractivity contribution in [2.45, 2.75) is 12.8 Å². The Morgan fingerprint density at radius 2 is 2.00 bits per heavy atom. The van der Waals surface area contributed by atoms with Crippen molar-refractivity contribution in [2.75, 3.05) is 26.7 Å². The van der Waals surface area contributed by atoms with Crippen molar-refractivity contribution in [3.8, 4) is 0 Å². The molecule has 0 unspecified atom stereocenters. The normalized spacial score (nSPS) is 11.0. The largest absolute Gasteiger partial charge is 0.373 e. The Labute approximate surface area is 156 Å². The van der Waals surface area contributed by atoms with Gasteiger partial charge in [-0.25, -0.2) is 0 Å². The van der Waals surface area contributed by atoms with E-state index in [0.717, 1.165) is 36.6 Å². The quantitative estimate of drug-likeness (QED) is 0.534. The van der Waals surface area contributed by atoms with Gasteiger partial charge in [0.1, 0.15) is 0 Å². The lowest BCUT2D eigenvalue weighted by Crippen LogP contribution is -2.32. The van der Waals surface area contributed by atoms with Crippen LogP contribution in [0.4, 0.5) is 0 Å². The van der Waals surface area contributed by atoms with E-state index in [4.69, 9.17) is 5.73 Å². The fourth-order valence-corrected chi connectivity index (χ4v) is 2.30. The van der Waals surface area contributed by atoms with Crippen LogP contribution in [0.2, 0.25) is 0 Å². The molecular formula is C21H30N4O. The molecule has 26 heavy (non-hydrogen) atoms. The van der Waals surface area contributed by atoms with Gasteiger partial charge in [0, 0.05) is 56.9 Å². The van der Waals surface area contributed by atoms with E-state index in [1.54, 1.807) is 6.08 Å². The minimum atomic E-state index is -0.279. The van der Waals surface area contributed by atoms with Crippen molar-refractivity contribution < 1.29 is 4.79 Å². The van der Waals surface area contributed by atoms with Crippen molar-refractivity contribution in [3.63, 3.8) is 0 Å². The van der Waals surface area contributed by atoms with Gasteiger partial charge in [0.25, 0.3) is 0 Å². The van der Waals surface area contributed by atoms with Crippen LogP contribution in [0.15, 0.2) is 73.9 Å². The molecule has 0 aliphatic carbocycles. The van der Waals surface area contributed by atoms with E-state index >= 15 is 0 Å². The van der Waals surface area contributed by atoms with E-state index < -0.39 is 0 Å². The molecular weight excluding hydrogens is 324 g/mol. The minimum Gasteiger partial charge on any atom is -0.373 e. The summed E-state index contributed by atoms with van der Waals surface area (Å²) in [5, 5.41) is 0. The summed E-state index contributed by atoms with van der Waals surface area (Å²) >= 11 is 0. The summed E-state index contributed by atoms with van der Waals surface area (Å²) in [6.07, 6.45) is 14.4. The molecule has 1 aromatic heterocycles. The first kappa shape index (κ1) is 21.1. The van der Waals surface area contributed by atoms with Crippen LogP contribution in [0.5, 0.6) is 0 Å². The molecule has 1 amide bonds. The lowest BCUT2D eigenvalue weighted by atomic mass is 10.2. The molecule has 0 fully saturated rings. The number of nitrogens with zero attached hydrogens (tertiary/aromatic N) is 2. The molecule has 0 aliphatic heterocycles. The van der Waals surface area contributed by atoms with E-state index in [2.05, 4.69) is 34.5 Å². The zero-order valence-corrected chi connectivity index (χ0v) is 15.7. The van der Waals surface area contributed by atoms with E-state index in [0.29, 0.717) is 12.8 Å². The lowest BCUT2D eigenvalue weighted by molar-refractivity contribution is -0.118. The lowest BCUT2D eigenvalue weighted by Gasteiger charge is -2.28. The number of allylic oxidation sites excluding steroid dienone is 4. The van der Waals surface area contributed by atoms with Gasteiger partial charge in [-0.2, -0.15) is 0 Å². The minimum absolute atomic E-state index is 0.279. The van der Waals surface area contributed by atoms with E-state index in [1.165, 1.54) is 0 Å². The van der Waals surface area contributed by atoms with Crippen molar-refractivity contribution in [2.24, 2.45) is 5.73 Å². The van der Waals surface area contributed by atoms with Crippen LogP contribution in [0.3, 0.4) is 0 Å². The molecule has 140 valence electrons. The van der Waals surface area contributed by atoms with Gasteiger partial charge >= 0.3 is 0 Å². The smallest absolute Gasteiger partial charge is 0.217 e. The number of aromatic nitrogens is 1. The van der Waals surface area contributed by atoms with Crippen LogP contribution in [0.1, 0.15) is 18.4 Å². The second-order valence-corrected chi connectivity index (χ2v) is 6.03. The highest BCUT2D eigenvalue weighted by Crippen LogP contribution is 2.10. The van der Waals surface area contributed by atoms with Gasteiger partial charge in [-0.05, 0) is 30.2 Å². The van der Waals surface area contributed by atoms with Gasteiger partial charge in [-0.15, -0.1) is 0 Å². The van der Waals surface area contributed by atoms with Gasteiger partial charge in [0.05, 0.1) is 0 Å². The second kappa shape index (κ2) is 11.6. The molecule has 0 saturated carbocycles. The summed E-state index contributed by atoms with van der Waals surface area (Å²) in [6, 6.07) is 1.99. The van der Waals surface area contributed by atoms with E-state index in [1.807, 2.05) is 49.8 Å². The number of likely N-dealkylation sites (N-methyl/N-ethyl adjacent to an activating group) is 1. The Kier molecular flexibility index (Phi) is 9.39. The zero-order valence-electron chi connectivity index (χ0n) is 15.7. The molecule has 0 saturated heterocycles. The highest BCUT2D eigenvalue weighted by molar-refractivity contribution is 5.73. The SMILES string of the molecule is C=C/C=C\C(=C)N(C)CCN(CCCC(N)=O)C(=C)/C=C\c1cc[nH]c1. The summed E-state index contributed by atoms with van der Waals surface area (Å²) in [4.78, 5) is 18.3. The number of aromatic amines is 1. The van der Waals surface area contributed by atoms with Gasteiger partial charge in [0.2, 0.25) is 5.91 Å². The van der Waals surface area contributed by atoms with Crippen molar-refractivity contribution in [3.05, 3.63) is 79.5 Å². The number of carbonyl (C=O) groups is 1. The zero-order chi connectivity index (χ0) is 19.4. The first-order valence-electron chi connectivity index (χ1n) is 8.66. The highest BCUT2D eigenvalue weighted by atomic mass is 16.1. The van der Waals surface area contributed by atoms with E-state index in [9.17, 15) is 4.79 Å². The number of nitrogens with one attached hydrogen (secondary N) is 1. The molecule has 1 heterocycles. The maximum absolute atomic E-state index is 11.0. The summed E-state index contributed by atoms with van der Waals surface area (Å²) in [6.45, 7) is 14.2. The predicted molar refractivity (Wildman–Crippen MR) is 110 cm³/mol. The predicted octanol–water partition coefficient (Wildman–Crippen LogP) is 3.30. The first-order chi connectivity index (χ1) is 12.4. The van der Waals surface area contributed by atoms with E-state index in [-0.39, 0.29) is 5.91 Å². The Balaban J connectivity index is 2.66. The molecule has 0 aliphatic rings. The van der Waals surface area contributed by atoms with Crippen LogP contribution < -0.4 is 5.73 Å². The third-order valence-corrected chi connectivity index (χ3v) is 3.97. The van der Waals surface area contributed by atoms with Crippen LogP contribution >= 0.6 is 0 Å². The monoisotopic (exact) mass is 354 g/mol. The van der Waals surface area contributed by atoms with Crippen LogP contribution in [0, 0.1) is 0 Å². The molecule has 1 rings (SSSR count). The molecule has 0 bridgehead atoms. The Bertz CT molecular complexity index is 656. The van der Waals surface area contributed by atoms with Gasteiger partial charge in [-0.3, -0.25) is 4.79 Å². The fraction of sp³-hybridized carbons (Fsp3) is 0.286. The van der Waals surface area contributed by atoms with Crippen molar-refractivity contribution in [1.29, 1.82) is 0 Å². The summed E-state index contributed by atoms with van der Waals surface area (Å²) in [5.74, 6) is -0.279. The first-order valence-corrected chi connectivity index (χ1v) is 8.66. The Morgan fingerprint density at radius 3 is 2.62 bits per heavy atom. The highest BCUT2D eigenvalue weighted by Gasteiger charge is 2.08. The summed E-state index contributed by atoms with van der Waals surface area (Å²) < 4.78 is 0. The Hall–Kier alpha value is -2.95. The molecule has 0 radical (unpaired) electrons. The second-order valence-electron chi connectivity index (χ2n) is 6.03. The number of carbonyl (C=O) groups excluding carboxylic acids is 1. The number of rotatable bonds is 13. The molecule has 0 aromatic carbocycles. The number of hydrogen-bond donors (Lipinski definition) is 2. The van der Waals surface area contributed by atoms with Crippen LogP contribution in [-0.2, 0) is 4.79 Å². The number of hydrogen-bond acceptors (Lipinski definition) is 3. The van der Waals surface area contributed by atoms with Gasteiger partial charge < -0.3 is 20.5 Å². The molecule has 0 spiro atoms. The third-order valence-electron chi connectivity index (χ3n) is 3.97. The van der Waals surface area contributed by atoms with Gasteiger partial charge in [0.15, 0.2) is 0 Å². The maximum atomic E-state index is 11.0. The Morgan fingerprint density at radius 1 is 1.23 bits per heavy atom. The maximum Gasteiger partial charge on any atom is 0.217 e. The number of amides is 1. The van der Waals surface area contributed by atoms with Gasteiger partial charge in [-0.1, -0.05) is 38.0 Å². The van der Waals surface area contributed by atoms with Crippen molar-refractivity contribution >= 4 is 12.0 Å². The number of primary amides is 1. The standard InChI is InChI=1S/C21H30N4O/c1-5-6-8-18(2)24(4)15-16-25(14-7-9-21(22)26)19(3)10-11-20-12-13-23-17-20/h5-6,8,10-13,17,23H,1-3,7,9,14-16H2,4H3,(H2,22,26)/b8-6-,11-10-. The molecule has 5 heteroatoms. The summed E-state index contributed by atoms with van der Waals surface area (Å²) in [5.41, 5.74) is 8.15. The average Bonchev–Trinajstić information content (AvgIpc) is 3.13. The number of H-pyrrole nitrogens is 1. The molecule has 0 atom stereocenters. The average molecular weight is 354 g/mol. The van der Waals surface area contributed by atoms with Crippen LogP contribution in [-0.4, -0.2) is 47.4 Å². The third kappa shape index (κ3) is 8.24.